The molecule has 4 heteroatoms. The van der Waals surface area contributed by atoms with Gasteiger partial charge in [0, 0.05) is 6.42 Å². The Bertz CT molecular complexity index is 389. The normalized spacial score (nSPS) is 10.2. The topological polar surface area (TPSA) is 52.1 Å². The average molecular weight is 222 g/mol. The van der Waals surface area contributed by atoms with Gasteiger partial charge in [-0.05, 0) is 27.2 Å². The number of nitrogens with zero attached hydrogens (tertiary/aromatic N) is 2. The maximum absolute atomic E-state index is 11.2. The average Bonchev–Trinajstić information content (AvgIpc) is 2.22. The first-order valence-electron chi connectivity index (χ1n) is 5.51. The molecule has 0 atom stereocenters. The van der Waals surface area contributed by atoms with Gasteiger partial charge in [-0.2, -0.15) is 0 Å². The summed E-state index contributed by atoms with van der Waals surface area (Å²) in [4.78, 5) is 19.9. The van der Waals surface area contributed by atoms with Gasteiger partial charge in [0.05, 0.1) is 22.8 Å². The lowest BCUT2D eigenvalue weighted by Crippen LogP contribution is -2.08. The van der Waals surface area contributed by atoms with Gasteiger partial charge in [0.2, 0.25) is 0 Å². The SMILES string of the molecule is CCCC(=O)OCc1nc(C)c(C)nc1C. The summed E-state index contributed by atoms with van der Waals surface area (Å²) in [7, 11) is 0. The Morgan fingerprint density at radius 3 is 2.38 bits per heavy atom. The molecule has 0 unspecified atom stereocenters. The van der Waals surface area contributed by atoms with Crippen LogP contribution in [0.25, 0.3) is 0 Å². The minimum atomic E-state index is -0.179. The van der Waals surface area contributed by atoms with Gasteiger partial charge >= 0.3 is 5.97 Å². The maximum Gasteiger partial charge on any atom is 0.306 e. The van der Waals surface area contributed by atoms with Crippen LogP contribution in [0.2, 0.25) is 0 Å². The van der Waals surface area contributed by atoms with Crippen molar-refractivity contribution in [1.29, 1.82) is 0 Å². The van der Waals surface area contributed by atoms with Crippen molar-refractivity contribution >= 4 is 5.97 Å². The fraction of sp³-hybridized carbons (Fsp3) is 0.583. The summed E-state index contributed by atoms with van der Waals surface area (Å²) in [6.45, 7) is 7.87. The van der Waals surface area contributed by atoms with Crippen LogP contribution in [0, 0.1) is 20.8 Å². The van der Waals surface area contributed by atoms with E-state index in [1.165, 1.54) is 0 Å². The maximum atomic E-state index is 11.2. The van der Waals surface area contributed by atoms with E-state index >= 15 is 0 Å². The number of ether oxygens (including phenoxy) is 1. The third-order valence-electron chi connectivity index (χ3n) is 2.40. The molecule has 0 aliphatic carbocycles. The molecule has 0 spiro atoms. The number of aromatic nitrogens is 2. The number of hydrogen-bond donors (Lipinski definition) is 0. The Labute approximate surface area is 96.1 Å². The van der Waals surface area contributed by atoms with Gasteiger partial charge in [0.1, 0.15) is 6.61 Å². The van der Waals surface area contributed by atoms with Gasteiger partial charge in [0.15, 0.2) is 0 Å². The van der Waals surface area contributed by atoms with Crippen molar-refractivity contribution in [3.05, 3.63) is 22.8 Å². The molecule has 88 valence electrons. The third kappa shape index (κ3) is 3.29. The standard InChI is InChI=1S/C12H18N2O2/c1-5-6-12(15)16-7-11-10(4)13-8(2)9(3)14-11/h5-7H2,1-4H3. The summed E-state index contributed by atoms with van der Waals surface area (Å²) in [6, 6.07) is 0. The Morgan fingerprint density at radius 2 is 1.75 bits per heavy atom. The van der Waals surface area contributed by atoms with Crippen molar-refractivity contribution in [2.45, 2.75) is 47.1 Å². The van der Waals surface area contributed by atoms with Gasteiger partial charge in [0.25, 0.3) is 0 Å². The van der Waals surface area contributed by atoms with Crippen molar-refractivity contribution in [3.8, 4) is 0 Å². The summed E-state index contributed by atoms with van der Waals surface area (Å²) >= 11 is 0. The number of carbonyl (C=O) groups excluding carboxylic acids is 1. The summed E-state index contributed by atoms with van der Waals surface area (Å²) < 4.78 is 5.10. The summed E-state index contributed by atoms with van der Waals surface area (Å²) in [5.74, 6) is -0.179. The van der Waals surface area contributed by atoms with E-state index < -0.39 is 0 Å². The number of carbonyl (C=O) groups is 1. The van der Waals surface area contributed by atoms with E-state index in [0.717, 1.165) is 29.2 Å². The number of rotatable bonds is 4. The van der Waals surface area contributed by atoms with Gasteiger partial charge in [-0.3, -0.25) is 14.8 Å². The number of hydrogen-bond acceptors (Lipinski definition) is 4. The molecule has 1 aromatic heterocycles. The van der Waals surface area contributed by atoms with Crippen LogP contribution in [0.5, 0.6) is 0 Å². The first kappa shape index (κ1) is 12.6. The molecule has 0 aliphatic rings. The Kier molecular flexibility index (Phi) is 4.40. The zero-order valence-electron chi connectivity index (χ0n) is 10.3. The zero-order chi connectivity index (χ0) is 12.1. The van der Waals surface area contributed by atoms with Crippen LogP contribution in [0.15, 0.2) is 0 Å². The molecule has 1 heterocycles. The molecule has 0 amide bonds. The largest absolute Gasteiger partial charge is 0.459 e. The van der Waals surface area contributed by atoms with Crippen LogP contribution in [-0.4, -0.2) is 15.9 Å². The quantitative estimate of drug-likeness (QED) is 0.733. The number of esters is 1. The molecule has 0 bridgehead atoms. The molecule has 0 N–H and O–H groups in total. The molecular weight excluding hydrogens is 204 g/mol. The summed E-state index contributed by atoms with van der Waals surface area (Å²) in [5.41, 5.74) is 3.37. The summed E-state index contributed by atoms with van der Waals surface area (Å²) in [5, 5.41) is 0. The molecule has 16 heavy (non-hydrogen) atoms. The van der Waals surface area contributed by atoms with Gasteiger partial charge in [-0.25, -0.2) is 0 Å². The monoisotopic (exact) mass is 222 g/mol. The zero-order valence-corrected chi connectivity index (χ0v) is 10.3. The highest BCUT2D eigenvalue weighted by molar-refractivity contribution is 5.69. The van der Waals surface area contributed by atoms with E-state index in [9.17, 15) is 4.79 Å². The van der Waals surface area contributed by atoms with Crippen molar-refractivity contribution in [1.82, 2.24) is 9.97 Å². The lowest BCUT2D eigenvalue weighted by atomic mass is 10.2. The molecule has 0 saturated carbocycles. The smallest absolute Gasteiger partial charge is 0.306 e. The van der Waals surface area contributed by atoms with Crippen LogP contribution in [0.3, 0.4) is 0 Å². The minimum Gasteiger partial charge on any atom is -0.459 e. The number of aryl methyl sites for hydroxylation is 3. The van der Waals surface area contributed by atoms with Crippen LogP contribution in [0.4, 0.5) is 0 Å². The molecule has 0 aromatic carbocycles. The molecular formula is C12H18N2O2. The highest BCUT2D eigenvalue weighted by Crippen LogP contribution is 2.08. The second-order valence-corrected chi connectivity index (χ2v) is 3.84. The second kappa shape index (κ2) is 5.58. The molecule has 1 rings (SSSR count). The molecule has 0 fully saturated rings. The molecule has 0 radical (unpaired) electrons. The van der Waals surface area contributed by atoms with E-state index in [2.05, 4.69) is 9.97 Å². The lowest BCUT2D eigenvalue weighted by molar-refractivity contribution is -0.145. The second-order valence-electron chi connectivity index (χ2n) is 3.84. The fourth-order valence-corrected chi connectivity index (χ4v) is 1.32. The highest BCUT2D eigenvalue weighted by Gasteiger charge is 2.08. The van der Waals surface area contributed by atoms with Crippen molar-refractivity contribution in [2.75, 3.05) is 0 Å². The van der Waals surface area contributed by atoms with Crippen LogP contribution >= 0.6 is 0 Å². The van der Waals surface area contributed by atoms with E-state index in [1.807, 2.05) is 27.7 Å². The van der Waals surface area contributed by atoms with Crippen LogP contribution < -0.4 is 0 Å². The predicted octanol–water partition coefficient (Wildman–Crippen LogP) is 2.25. The van der Waals surface area contributed by atoms with Gasteiger partial charge in [-0.15, -0.1) is 0 Å². The molecule has 0 saturated heterocycles. The summed E-state index contributed by atoms with van der Waals surface area (Å²) in [6.07, 6.45) is 1.26. The van der Waals surface area contributed by atoms with Crippen molar-refractivity contribution in [3.63, 3.8) is 0 Å². The van der Waals surface area contributed by atoms with Crippen molar-refractivity contribution < 1.29 is 9.53 Å². The first-order chi connectivity index (χ1) is 7.54. The lowest BCUT2D eigenvalue weighted by Gasteiger charge is -2.08. The van der Waals surface area contributed by atoms with Crippen LogP contribution in [0.1, 0.15) is 42.5 Å². The third-order valence-corrected chi connectivity index (χ3v) is 2.40. The van der Waals surface area contributed by atoms with E-state index in [-0.39, 0.29) is 12.6 Å². The fourth-order valence-electron chi connectivity index (χ4n) is 1.32. The first-order valence-corrected chi connectivity index (χ1v) is 5.51. The van der Waals surface area contributed by atoms with E-state index in [1.54, 1.807) is 0 Å². The Balaban J connectivity index is 2.67. The molecule has 4 nitrogen and oxygen atoms in total. The molecule has 1 aromatic rings. The Hall–Kier alpha value is -1.45. The van der Waals surface area contributed by atoms with Gasteiger partial charge < -0.3 is 4.74 Å². The Morgan fingerprint density at radius 1 is 1.12 bits per heavy atom. The van der Waals surface area contributed by atoms with Crippen LogP contribution in [-0.2, 0) is 16.1 Å². The highest BCUT2D eigenvalue weighted by atomic mass is 16.5. The molecule has 0 aliphatic heterocycles. The van der Waals surface area contributed by atoms with Gasteiger partial charge in [-0.1, -0.05) is 6.92 Å². The van der Waals surface area contributed by atoms with Crippen molar-refractivity contribution in [2.24, 2.45) is 0 Å². The van der Waals surface area contributed by atoms with E-state index in [0.29, 0.717) is 6.42 Å². The predicted molar refractivity (Wildman–Crippen MR) is 60.9 cm³/mol. The minimum absolute atomic E-state index is 0.179. The van der Waals surface area contributed by atoms with E-state index in [4.69, 9.17) is 4.74 Å².